The molecule has 1 aliphatic rings. The highest BCUT2D eigenvalue weighted by molar-refractivity contribution is 5.94. The van der Waals surface area contributed by atoms with Gasteiger partial charge in [-0.15, -0.1) is 0 Å². The van der Waals surface area contributed by atoms with Crippen LogP contribution in [0, 0.1) is 11.6 Å². The predicted molar refractivity (Wildman–Crippen MR) is 125 cm³/mol. The van der Waals surface area contributed by atoms with Crippen molar-refractivity contribution >= 4 is 5.91 Å². The zero-order valence-electron chi connectivity index (χ0n) is 19.0. The van der Waals surface area contributed by atoms with E-state index in [1.165, 1.54) is 16.8 Å². The summed E-state index contributed by atoms with van der Waals surface area (Å²) in [5.41, 5.74) is 1.07. The van der Waals surface area contributed by atoms with Crippen LogP contribution in [-0.2, 0) is 11.3 Å². The molecule has 1 aliphatic heterocycles. The van der Waals surface area contributed by atoms with Crippen molar-refractivity contribution in [3.8, 4) is 11.3 Å². The van der Waals surface area contributed by atoms with Crippen molar-refractivity contribution in [2.24, 2.45) is 0 Å². The molecule has 1 fully saturated rings. The molecule has 0 spiro atoms. The number of β-amino-alcohol motifs (C(OH)–C–C–N with tert-alkyl or cyclic N) is 1. The fraction of sp³-hybridized carbons (Fsp3) is 0.320. The van der Waals surface area contributed by atoms with Crippen LogP contribution in [-0.4, -0.2) is 71.2 Å². The van der Waals surface area contributed by atoms with Crippen LogP contribution in [0.4, 0.5) is 8.78 Å². The summed E-state index contributed by atoms with van der Waals surface area (Å²) >= 11 is 0. The van der Waals surface area contributed by atoms with Crippen molar-refractivity contribution in [1.82, 2.24) is 20.0 Å². The monoisotopic (exact) mass is 484 g/mol. The fourth-order valence-electron chi connectivity index (χ4n) is 3.86. The maximum Gasteiger partial charge on any atom is 0.267 e. The summed E-state index contributed by atoms with van der Waals surface area (Å²) in [4.78, 5) is 27.0. The zero-order chi connectivity index (χ0) is 24.8. The zero-order valence-corrected chi connectivity index (χ0v) is 19.0. The Balaban J connectivity index is 1.41. The molecule has 8 nitrogen and oxygen atoms in total. The molecule has 1 atom stereocenters. The van der Waals surface area contributed by atoms with Gasteiger partial charge in [-0.1, -0.05) is 12.1 Å². The van der Waals surface area contributed by atoms with Crippen LogP contribution in [0.15, 0.2) is 59.4 Å². The number of carbonyl (C=O) groups is 1. The molecule has 2 heterocycles. The van der Waals surface area contributed by atoms with E-state index in [2.05, 4.69) is 15.3 Å². The van der Waals surface area contributed by atoms with E-state index in [1.807, 2.05) is 0 Å². The predicted octanol–water partition coefficient (Wildman–Crippen LogP) is 1.66. The van der Waals surface area contributed by atoms with E-state index < -0.39 is 23.3 Å². The van der Waals surface area contributed by atoms with Crippen molar-refractivity contribution in [2.75, 3.05) is 39.4 Å². The second-order valence-electron chi connectivity index (χ2n) is 8.35. The van der Waals surface area contributed by atoms with Crippen molar-refractivity contribution in [2.45, 2.75) is 12.6 Å². The Labute approximate surface area is 200 Å². The number of rotatable bonds is 8. The number of benzene rings is 2. The van der Waals surface area contributed by atoms with E-state index in [0.717, 1.165) is 31.3 Å². The number of nitrogens with zero attached hydrogens (tertiary/aromatic N) is 3. The number of aliphatic hydroxyl groups excluding tert-OH is 1. The van der Waals surface area contributed by atoms with Crippen LogP contribution in [0.5, 0.6) is 0 Å². The molecule has 0 saturated carbocycles. The lowest BCUT2D eigenvalue weighted by Crippen LogP contribution is -2.44. The van der Waals surface area contributed by atoms with Gasteiger partial charge in [0.1, 0.15) is 11.6 Å². The van der Waals surface area contributed by atoms with Gasteiger partial charge in [-0.05, 0) is 35.9 Å². The second kappa shape index (κ2) is 11.3. The number of carbonyl (C=O) groups excluding carboxylic acids is 1. The SMILES string of the molecule is O=C(NCC(O)CN1CCOCC1)c1cccc(Cn2nc(-c3cc(F)cc(F)c3)ccc2=O)c1. The summed E-state index contributed by atoms with van der Waals surface area (Å²) in [6.45, 7) is 3.37. The van der Waals surface area contributed by atoms with E-state index in [-0.39, 0.29) is 30.3 Å². The van der Waals surface area contributed by atoms with E-state index in [9.17, 15) is 23.5 Å². The molecule has 0 bridgehead atoms. The van der Waals surface area contributed by atoms with Gasteiger partial charge in [0.05, 0.1) is 31.6 Å². The van der Waals surface area contributed by atoms with Gasteiger partial charge < -0.3 is 15.2 Å². The number of ether oxygens (including phenoxy) is 1. The minimum Gasteiger partial charge on any atom is -0.390 e. The molecule has 10 heteroatoms. The minimum atomic E-state index is -0.742. The molecule has 1 saturated heterocycles. The number of hydrogen-bond donors (Lipinski definition) is 2. The molecule has 0 aliphatic carbocycles. The highest BCUT2D eigenvalue weighted by Gasteiger charge is 2.16. The number of morpholine rings is 1. The molecule has 1 aromatic heterocycles. The van der Waals surface area contributed by atoms with Gasteiger partial charge in [-0.25, -0.2) is 13.5 Å². The third-order valence-electron chi connectivity index (χ3n) is 5.62. The molecule has 35 heavy (non-hydrogen) atoms. The van der Waals surface area contributed by atoms with Crippen LogP contribution >= 0.6 is 0 Å². The Morgan fingerprint density at radius 1 is 1.09 bits per heavy atom. The quantitative estimate of drug-likeness (QED) is 0.505. The minimum absolute atomic E-state index is 0.0608. The van der Waals surface area contributed by atoms with E-state index >= 15 is 0 Å². The van der Waals surface area contributed by atoms with Crippen LogP contribution in [0.3, 0.4) is 0 Å². The molecule has 1 unspecified atom stereocenters. The largest absolute Gasteiger partial charge is 0.390 e. The number of halogens is 2. The van der Waals surface area contributed by atoms with Gasteiger partial charge in [0.25, 0.3) is 11.5 Å². The molecule has 1 amide bonds. The summed E-state index contributed by atoms with van der Waals surface area (Å²) in [5, 5.41) is 17.2. The molecule has 0 radical (unpaired) electrons. The lowest BCUT2D eigenvalue weighted by atomic mass is 10.1. The van der Waals surface area contributed by atoms with Gasteiger partial charge in [-0.2, -0.15) is 5.10 Å². The standard InChI is InChI=1S/C25H26F2N4O4/c26-20-11-19(12-21(27)13-20)23-4-5-24(33)31(29-23)15-17-2-1-3-18(10-17)25(34)28-14-22(32)16-30-6-8-35-9-7-30/h1-5,10-13,22,32H,6-9,14-16H2,(H,28,34). The van der Waals surface area contributed by atoms with Crippen LogP contribution in [0.1, 0.15) is 15.9 Å². The Kier molecular flexibility index (Phi) is 7.96. The highest BCUT2D eigenvalue weighted by atomic mass is 19.1. The first kappa shape index (κ1) is 24.6. The van der Waals surface area contributed by atoms with Crippen LogP contribution in [0.25, 0.3) is 11.3 Å². The Morgan fingerprint density at radius 3 is 2.57 bits per heavy atom. The maximum atomic E-state index is 13.6. The Morgan fingerprint density at radius 2 is 1.83 bits per heavy atom. The van der Waals surface area contributed by atoms with Gasteiger partial charge in [0.15, 0.2) is 0 Å². The first-order chi connectivity index (χ1) is 16.9. The summed E-state index contributed by atoms with van der Waals surface area (Å²) in [6, 6.07) is 12.4. The number of amides is 1. The molecule has 4 rings (SSSR count). The highest BCUT2D eigenvalue weighted by Crippen LogP contribution is 2.19. The van der Waals surface area contributed by atoms with Gasteiger partial charge in [0, 0.05) is 49.4 Å². The van der Waals surface area contributed by atoms with Crippen molar-refractivity contribution in [1.29, 1.82) is 0 Å². The van der Waals surface area contributed by atoms with Gasteiger partial charge >= 0.3 is 0 Å². The van der Waals surface area contributed by atoms with Crippen LogP contribution < -0.4 is 10.9 Å². The van der Waals surface area contributed by atoms with Crippen molar-refractivity contribution in [3.63, 3.8) is 0 Å². The molecule has 2 N–H and O–H groups in total. The van der Waals surface area contributed by atoms with E-state index in [1.54, 1.807) is 24.3 Å². The summed E-state index contributed by atoms with van der Waals surface area (Å²) in [6.07, 6.45) is -0.710. The van der Waals surface area contributed by atoms with E-state index in [0.29, 0.717) is 30.9 Å². The number of nitrogens with one attached hydrogen (secondary N) is 1. The third-order valence-corrected chi connectivity index (χ3v) is 5.62. The van der Waals surface area contributed by atoms with Crippen molar-refractivity contribution in [3.05, 3.63) is 87.7 Å². The molecular weight excluding hydrogens is 458 g/mol. The number of aromatic nitrogens is 2. The first-order valence-electron chi connectivity index (χ1n) is 11.3. The van der Waals surface area contributed by atoms with E-state index in [4.69, 9.17) is 4.74 Å². The number of hydrogen-bond acceptors (Lipinski definition) is 6. The Bertz CT molecular complexity index is 1220. The summed E-state index contributed by atoms with van der Waals surface area (Å²) < 4.78 is 33.6. The molecular formula is C25H26F2N4O4. The van der Waals surface area contributed by atoms with Gasteiger partial charge in [0.2, 0.25) is 0 Å². The Hall–Kier alpha value is -3.47. The summed E-state index contributed by atoms with van der Waals surface area (Å²) in [7, 11) is 0. The summed E-state index contributed by atoms with van der Waals surface area (Å²) in [5.74, 6) is -1.83. The maximum absolute atomic E-state index is 13.6. The van der Waals surface area contributed by atoms with Crippen molar-refractivity contribution < 1.29 is 23.4 Å². The first-order valence-corrected chi connectivity index (χ1v) is 11.3. The normalized spacial score (nSPS) is 15.1. The lowest BCUT2D eigenvalue weighted by Gasteiger charge is -2.28. The molecule has 3 aromatic rings. The fourth-order valence-corrected chi connectivity index (χ4v) is 3.86. The lowest BCUT2D eigenvalue weighted by molar-refractivity contribution is 0.0149. The number of aliphatic hydroxyl groups is 1. The van der Waals surface area contributed by atoms with Crippen LogP contribution in [0.2, 0.25) is 0 Å². The third kappa shape index (κ3) is 6.78. The molecule has 184 valence electrons. The topological polar surface area (TPSA) is 96.7 Å². The average Bonchev–Trinajstić information content (AvgIpc) is 2.84. The average molecular weight is 485 g/mol. The second-order valence-corrected chi connectivity index (χ2v) is 8.35. The van der Waals surface area contributed by atoms with Gasteiger partial charge in [-0.3, -0.25) is 14.5 Å². The smallest absolute Gasteiger partial charge is 0.267 e. The molecule has 2 aromatic carbocycles.